The molecule has 1 amide bonds. The molecule has 1 aromatic heterocycles. The molecule has 0 aliphatic carbocycles. The number of rotatable bonds is 5. The summed E-state index contributed by atoms with van der Waals surface area (Å²) in [6.45, 7) is 1.97. The lowest BCUT2D eigenvalue weighted by molar-refractivity contribution is -0.118. The van der Waals surface area contributed by atoms with E-state index in [9.17, 15) is 9.59 Å². The van der Waals surface area contributed by atoms with Crippen LogP contribution in [0.4, 0.5) is 5.69 Å². The summed E-state index contributed by atoms with van der Waals surface area (Å²) in [7, 11) is 0. The average molecular weight is 436 g/mol. The number of carbonyl (C=O) groups excluding carboxylic acids is 2. The number of aromatic nitrogens is 3. The molecular formula is C23H22ClN5O2. The van der Waals surface area contributed by atoms with Crippen LogP contribution in [0.25, 0.3) is 11.4 Å². The Bertz CT molecular complexity index is 1110. The van der Waals surface area contributed by atoms with Crippen LogP contribution in [0.5, 0.6) is 0 Å². The van der Waals surface area contributed by atoms with Crippen LogP contribution in [0, 0.1) is 0 Å². The zero-order valence-electron chi connectivity index (χ0n) is 16.9. The summed E-state index contributed by atoms with van der Waals surface area (Å²) in [5.41, 5.74) is 3.63. The van der Waals surface area contributed by atoms with E-state index in [4.69, 9.17) is 11.6 Å². The van der Waals surface area contributed by atoms with Crippen LogP contribution < -0.4 is 4.90 Å². The Morgan fingerprint density at radius 3 is 2.61 bits per heavy atom. The van der Waals surface area contributed by atoms with Gasteiger partial charge in [0.05, 0.1) is 13.0 Å². The fourth-order valence-electron chi connectivity index (χ4n) is 4.50. The molecule has 158 valence electrons. The molecule has 0 spiro atoms. The lowest BCUT2D eigenvalue weighted by Crippen LogP contribution is -2.47. The molecule has 0 atom stereocenters. The number of Topliss-reactive ketones (excluding diaryl/α,β-unsaturated/α-hetero) is 1. The molecule has 2 aromatic carbocycles. The van der Waals surface area contributed by atoms with E-state index in [2.05, 4.69) is 20.1 Å². The van der Waals surface area contributed by atoms with Gasteiger partial charge in [0.1, 0.15) is 6.33 Å². The Morgan fingerprint density at radius 2 is 1.90 bits per heavy atom. The largest absolute Gasteiger partial charge is 0.309 e. The predicted octanol–water partition coefficient (Wildman–Crippen LogP) is 3.36. The summed E-state index contributed by atoms with van der Waals surface area (Å²) in [5.74, 6) is 0.936. The number of likely N-dealkylation sites (tertiary alicyclic amines) is 1. The number of aromatic amines is 1. The average Bonchev–Trinajstić information content (AvgIpc) is 3.42. The SMILES string of the molecule is O=C(CN1CCC(N2C(=O)Cc3cc(-c4ncn[nH]4)ccc32)CC1)c1ccc(Cl)cc1. The highest BCUT2D eigenvalue weighted by Gasteiger charge is 2.35. The number of carbonyl (C=O) groups is 2. The molecule has 8 heteroatoms. The highest BCUT2D eigenvalue weighted by Crippen LogP contribution is 2.35. The molecule has 1 saturated heterocycles. The van der Waals surface area contributed by atoms with Crippen LogP contribution in [-0.2, 0) is 11.2 Å². The third kappa shape index (κ3) is 3.98. The molecule has 3 aromatic rings. The summed E-state index contributed by atoms with van der Waals surface area (Å²) in [6.07, 6.45) is 3.59. The number of piperidine rings is 1. The number of nitrogens with one attached hydrogen (secondary N) is 1. The van der Waals surface area contributed by atoms with Crippen molar-refractivity contribution in [3.63, 3.8) is 0 Å². The Labute approximate surface area is 185 Å². The van der Waals surface area contributed by atoms with Gasteiger partial charge in [-0.3, -0.25) is 19.6 Å². The van der Waals surface area contributed by atoms with Crippen molar-refractivity contribution in [1.82, 2.24) is 20.1 Å². The standard InChI is InChI=1S/C23H22ClN5O2/c24-18-4-1-15(2-5-18)21(30)13-28-9-7-19(8-10-28)29-20-6-3-16(23-25-14-26-27-23)11-17(20)12-22(29)31/h1-6,11,14,19H,7-10,12-13H2,(H,25,26,27). The zero-order chi connectivity index (χ0) is 21.4. The van der Waals surface area contributed by atoms with Gasteiger partial charge in [0.15, 0.2) is 11.6 Å². The summed E-state index contributed by atoms with van der Waals surface area (Å²) in [4.78, 5) is 33.7. The number of hydrogen-bond acceptors (Lipinski definition) is 5. The molecular weight excluding hydrogens is 414 g/mol. The zero-order valence-corrected chi connectivity index (χ0v) is 17.7. The number of H-pyrrole nitrogens is 1. The minimum Gasteiger partial charge on any atom is -0.309 e. The normalized spacial score (nSPS) is 17.2. The van der Waals surface area contributed by atoms with E-state index in [1.54, 1.807) is 24.3 Å². The molecule has 0 radical (unpaired) electrons. The fourth-order valence-corrected chi connectivity index (χ4v) is 4.63. The van der Waals surface area contributed by atoms with E-state index in [-0.39, 0.29) is 17.7 Å². The van der Waals surface area contributed by atoms with Crippen molar-refractivity contribution >= 4 is 29.0 Å². The van der Waals surface area contributed by atoms with Crippen molar-refractivity contribution in [2.75, 3.05) is 24.5 Å². The molecule has 0 unspecified atom stereocenters. The van der Waals surface area contributed by atoms with Gasteiger partial charge in [-0.05, 0) is 60.9 Å². The number of amides is 1. The van der Waals surface area contributed by atoms with Gasteiger partial charge in [-0.1, -0.05) is 11.6 Å². The highest BCUT2D eigenvalue weighted by atomic mass is 35.5. The van der Waals surface area contributed by atoms with Gasteiger partial charge >= 0.3 is 0 Å². The monoisotopic (exact) mass is 435 g/mol. The lowest BCUT2D eigenvalue weighted by Gasteiger charge is -2.36. The van der Waals surface area contributed by atoms with Crippen LogP contribution in [-0.4, -0.2) is 57.4 Å². The van der Waals surface area contributed by atoms with Gasteiger partial charge in [0, 0.05) is 41.0 Å². The molecule has 7 nitrogen and oxygen atoms in total. The van der Waals surface area contributed by atoms with Crippen molar-refractivity contribution in [2.24, 2.45) is 0 Å². The molecule has 3 heterocycles. The lowest BCUT2D eigenvalue weighted by atomic mass is 10.0. The molecule has 1 fully saturated rings. The number of anilines is 1. The van der Waals surface area contributed by atoms with Crippen molar-refractivity contribution < 1.29 is 9.59 Å². The second kappa shape index (κ2) is 8.24. The van der Waals surface area contributed by atoms with Crippen LogP contribution in [0.15, 0.2) is 48.8 Å². The number of halogens is 1. The van der Waals surface area contributed by atoms with Gasteiger partial charge in [-0.25, -0.2) is 4.98 Å². The number of ketones is 1. The molecule has 0 bridgehead atoms. The summed E-state index contributed by atoms with van der Waals surface area (Å²) < 4.78 is 0. The molecule has 5 rings (SSSR count). The van der Waals surface area contributed by atoms with Gasteiger partial charge in [0.2, 0.25) is 5.91 Å². The number of hydrogen-bond donors (Lipinski definition) is 1. The van der Waals surface area contributed by atoms with E-state index in [0.29, 0.717) is 29.4 Å². The van der Waals surface area contributed by atoms with E-state index in [1.165, 1.54) is 6.33 Å². The fraction of sp³-hybridized carbons (Fsp3) is 0.304. The quantitative estimate of drug-likeness (QED) is 0.621. The van der Waals surface area contributed by atoms with Crippen molar-refractivity contribution in [3.8, 4) is 11.4 Å². The minimum absolute atomic E-state index is 0.0951. The Morgan fingerprint density at radius 1 is 1.13 bits per heavy atom. The van der Waals surface area contributed by atoms with Crippen molar-refractivity contribution in [2.45, 2.75) is 25.3 Å². The van der Waals surface area contributed by atoms with Gasteiger partial charge in [0.25, 0.3) is 0 Å². The second-order valence-corrected chi connectivity index (χ2v) is 8.49. The van der Waals surface area contributed by atoms with Gasteiger partial charge in [-0.15, -0.1) is 0 Å². The van der Waals surface area contributed by atoms with Crippen LogP contribution in [0.2, 0.25) is 5.02 Å². The Hall–Kier alpha value is -3.03. The molecule has 1 N–H and O–H groups in total. The molecule has 31 heavy (non-hydrogen) atoms. The maximum atomic E-state index is 12.8. The second-order valence-electron chi connectivity index (χ2n) is 8.06. The van der Waals surface area contributed by atoms with Crippen molar-refractivity contribution in [3.05, 3.63) is 64.9 Å². The first kappa shape index (κ1) is 19.9. The van der Waals surface area contributed by atoms with Crippen LogP contribution in [0.3, 0.4) is 0 Å². The van der Waals surface area contributed by atoms with E-state index >= 15 is 0 Å². The maximum absolute atomic E-state index is 12.8. The first-order valence-electron chi connectivity index (χ1n) is 10.4. The van der Waals surface area contributed by atoms with Crippen LogP contribution in [0.1, 0.15) is 28.8 Å². The first-order valence-corrected chi connectivity index (χ1v) is 10.8. The highest BCUT2D eigenvalue weighted by molar-refractivity contribution is 6.30. The molecule has 2 aliphatic rings. The summed E-state index contributed by atoms with van der Waals surface area (Å²) in [5, 5.41) is 7.39. The number of nitrogens with zero attached hydrogens (tertiary/aromatic N) is 4. The topological polar surface area (TPSA) is 82.2 Å². The van der Waals surface area contributed by atoms with E-state index in [1.807, 2.05) is 23.1 Å². The van der Waals surface area contributed by atoms with Gasteiger partial charge < -0.3 is 4.90 Å². The third-order valence-electron chi connectivity index (χ3n) is 6.09. The van der Waals surface area contributed by atoms with Gasteiger partial charge in [-0.2, -0.15) is 5.10 Å². The van der Waals surface area contributed by atoms with E-state index < -0.39 is 0 Å². The van der Waals surface area contributed by atoms with Crippen molar-refractivity contribution in [1.29, 1.82) is 0 Å². The predicted molar refractivity (Wildman–Crippen MR) is 118 cm³/mol. The smallest absolute Gasteiger partial charge is 0.231 e. The molecule has 2 aliphatic heterocycles. The Balaban J connectivity index is 1.23. The number of benzene rings is 2. The molecule has 0 saturated carbocycles. The summed E-state index contributed by atoms with van der Waals surface area (Å²) >= 11 is 5.91. The third-order valence-corrected chi connectivity index (χ3v) is 6.35. The Kier molecular flexibility index (Phi) is 5.29. The maximum Gasteiger partial charge on any atom is 0.231 e. The number of fused-ring (bicyclic) bond motifs is 1. The minimum atomic E-state index is 0.0951. The first-order chi connectivity index (χ1) is 15.1. The van der Waals surface area contributed by atoms with E-state index in [0.717, 1.165) is 42.7 Å². The van der Waals surface area contributed by atoms with Crippen LogP contribution >= 0.6 is 11.6 Å². The summed E-state index contributed by atoms with van der Waals surface area (Å²) in [6, 6.07) is 13.2.